The first-order chi connectivity index (χ1) is 15.8. The first-order valence-electron chi connectivity index (χ1n) is 10.6. The lowest BCUT2D eigenvalue weighted by Crippen LogP contribution is -2.52. The van der Waals surface area contributed by atoms with Gasteiger partial charge < -0.3 is 4.90 Å². The Morgan fingerprint density at radius 2 is 1.58 bits per heavy atom. The molecule has 3 heterocycles. The Balaban J connectivity index is 1.33. The zero-order valence-electron chi connectivity index (χ0n) is 17.5. The number of rotatable bonds is 4. The molecule has 33 heavy (non-hydrogen) atoms. The van der Waals surface area contributed by atoms with Crippen LogP contribution in [0.1, 0.15) is 40.8 Å². The fraction of sp³-hybridized carbons (Fsp3) is 0.304. The van der Waals surface area contributed by atoms with Crippen LogP contribution in [0, 0.1) is 0 Å². The molecule has 10 heteroatoms. The number of nitrogens with one attached hydrogen (secondary N) is 1. The number of amides is 5. The first-order valence-corrected chi connectivity index (χ1v) is 10.6. The number of fused-ring (bicyclic) bond motifs is 1. The molecule has 0 aromatic heterocycles. The predicted molar refractivity (Wildman–Crippen MR) is 114 cm³/mol. The lowest BCUT2D eigenvalue weighted by atomic mass is 10.0. The van der Waals surface area contributed by atoms with Gasteiger partial charge in [0.15, 0.2) is 0 Å². The summed E-state index contributed by atoms with van der Waals surface area (Å²) in [6, 6.07) is 9.72. The van der Waals surface area contributed by atoms with Gasteiger partial charge in [0, 0.05) is 48.6 Å². The molecule has 8 nitrogen and oxygen atoms in total. The van der Waals surface area contributed by atoms with Gasteiger partial charge in [0.2, 0.25) is 11.8 Å². The molecular weight excluding hydrogens is 434 g/mol. The summed E-state index contributed by atoms with van der Waals surface area (Å²) in [5.41, 5.74) is 2.21. The van der Waals surface area contributed by atoms with Crippen LogP contribution in [0.25, 0.3) is 0 Å². The quantitative estimate of drug-likeness (QED) is 0.720. The number of alkyl halides is 2. The Kier molecular flexibility index (Phi) is 5.07. The van der Waals surface area contributed by atoms with E-state index < -0.39 is 18.4 Å². The van der Waals surface area contributed by atoms with Crippen molar-refractivity contribution < 1.29 is 28.0 Å². The van der Waals surface area contributed by atoms with E-state index in [-0.39, 0.29) is 42.8 Å². The summed E-state index contributed by atoms with van der Waals surface area (Å²) < 4.78 is 25.6. The molecule has 5 amide bonds. The van der Waals surface area contributed by atoms with E-state index in [2.05, 4.69) is 5.32 Å². The standard InChI is InChI=1S/C23H20F2N4O4/c24-20(25)13-1-3-15(4-2-13)27-9-10-28(23(27)33)16-5-6-17-14(11-16)12-29(22(17)32)18-7-8-19(30)26-21(18)31/h1-6,11,18,20H,7-10,12H2,(H,26,30,31). The molecular formula is C23H20F2N4O4. The van der Waals surface area contributed by atoms with Gasteiger partial charge in [0.05, 0.1) is 0 Å². The van der Waals surface area contributed by atoms with Crippen molar-refractivity contribution in [3.8, 4) is 0 Å². The maximum absolute atomic E-state index is 13.0. The summed E-state index contributed by atoms with van der Waals surface area (Å²) in [6.07, 6.45) is -2.11. The zero-order chi connectivity index (χ0) is 23.3. The molecule has 1 N–H and O–H groups in total. The second-order valence-corrected chi connectivity index (χ2v) is 8.22. The van der Waals surface area contributed by atoms with Crippen LogP contribution in [0.15, 0.2) is 42.5 Å². The van der Waals surface area contributed by atoms with Crippen molar-refractivity contribution in [2.24, 2.45) is 0 Å². The molecule has 5 rings (SSSR count). The third kappa shape index (κ3) is 3.61. The minimum Gasteiger partial charge on any atom is -0.322 e. The smallest absolute Gasteiger partial charge is 0.322 e. The maximum Gasteiger partial charge on any atom is 0.329 e. The van der Waals surface area contributed by atoms with Gasteiger partial charge in [-0.15, -0.1) is 0 Å². The highest BCUT2D eigenvalue weighted by atomic mass is 19.3. The average Bonchev–Trinajstić information content (AvgIpc) is 3.33. The number of hydrogen-bond acceptors (Lipinski definition) is 4. The van der Waals surface area contributed by atoms with Gasteiger partial charge in [-0.25, -0.2) is 13.6 Å². The van der Waals surface area contributed by atoms with Crippen molar-refractivity contribution in [1.29, 1.82) is 0 Å². The molecule has 0 saturated carbocycles. The van der Waals surface area contributed by atoms with Crippen LogP contribution in [-0.4, -0.2) is 47.8 Å². The Hall–Kier alpha value is -3.82. The van der Waals surface area contributed by atoms with Crippen LogP contribution in [0.4, 0.5) is 25.0 Å². The highest BCUT2D eigenvalue weighted by Crippen LogP contribution is 2.33. The van der Waals surface area contributed by atoms with Crippen LogP contribution in [0.2, 0.25) is 0 Å². The predicted octanol–water partition coefficient (Wildman–Crippen LogP) is 2.83. The van der Waals surface area contributed by atoms with Gasteiger partial charge in [-0.05, 0) is 42.3 Å². The number of imide groups is 1. The third-order valence-electron chi connectivity index (χ3n) is 6.28. The molecule has 3 aliphatic heterocycles. The fourth-order valence-electron chi connectivity index (χ4n) is 4.54. The van der Waals surface area contributed by atoms with E-state index in [1.807, 2.05) is 0 Å². The summed E-state index contributed by atoms with van der Waals surface area (Å²) in [6.45, 7) is 1.01. The number of nitrogens with zero attached hydrogens (tertiary/aromatic N) is 3. The van der Waals surface area contributed by atoms with Crippen molar-refractivity contribution in [3.63, 3.8) is 0 Å². The molecule has 170 valence electrons. The van der Waals surface area contributed by atoms with Crippen molar-refractivity contribution in [1.82, 2.24) is 10.2 Å². The second kappa shape index (κ2) is 7.95. The van der Waals surface area contributed by atoms with E-state index in [4.69, 9.17) is 0 Å². The number of benzene rings is 2. The third-order valence-corrected chi connectivity index (χ3v) is 6.28. The van der Waals surface area contributed by atoms with Gasteiger partial charge in [0.25, 0.3) is 12.3 Å². The van der Waals surface area contributed by atoms with E-state index in [1.54, 1.807) is 23.1 Å². The molecule has 2 aromatic rings. The molecule has 2 saturated heterocycles. The summed E-state index contributed by atoms with van der Waals surface area (Å²) in [7, 11) is 0. The first kappa shape index (κ1) is 21.0. The van der Waals surface area contributed by atoms with Crippen LogP contribution in [-0.2, 0) is 16.1 Å². The molecule has 3 aliphatic rings. The molecule has 2 fully saturated rings. The lowest BCUT2D eigenvalue weighted by Gasteiger charge is -2.29. The molecule has 0 aliphatic carbocycles. The Bertz CT molecular complexity index is 1170. The summed E-state index contributed by atoms with van der Waals surface area (Å²) in [5, 5.41) is 2.27. The van der Waals surface area contributed by atoms with Gasteiger partial charge in [-0.1, -0.05) is 12.1 Å². The van der Waals surface area contributed by atoms with E-state index in [1.165, 1.54) is 34.1 Å². The highest BCUT2D eigenvalue weighted by Gasteiger charge is 2.40. The summed E-state index contributed by atoms with van der Waals surface area (Å²) >= 11 is 0. The average molecular weight is 454 g/mol. The van der Waals surface area contributed by atoms with E-state index in [0.29, 0.717) is 35.6 Å². The Morgan fingerprint density at radius 1 is 0.909 bits per heavy atom. The molecule has 2 aromatic carbocycles. The molecule has 0 radical (unpaired) electrons. The number of carbonyl (C=O) groups excluding carboxylic acids is 4. The van der Waals surface area contributed by atoms with Gasteiger partial charge >= 0.3 is 6.03 Å². The lowest BCUT2D eigenvalue weighted by molar-refractivity contribution is -0.136. The topological polar surface area (TPSA) is 90.0 Å². The van der Waals surface area contributed by atoms with Crippen LogP contribution in [0.5, 0.6) is 0 Å². The fourth-order valence-corrected chi connectivity index (χ4v) is 4.54. The van der Waals surface area contributed by atoms with Gasteiger partial charge in [0.1, 0.15) is 6.04 Å². The summed E-state index contributed by atoms with van der Waals surface area (Å²) in [4.78, 5) is 54.0. The number of hydrogen-bond donors (Lipinski definition) is 1. The second-order valence-electron chi connectivity index (χ2n) is 8.22. The van der Waals surface area contributed by atoms with Crippen LogP contribution in [0.3, 0.4) is 0 Å². The largest absolute Gasteiger partial charge is 0.329 e. The number of urea groups is 1. The Morgan fingerprint density at radius 3 is 2.24 bits per heavy atom. The number of piperidine rings is 1. The number of anilines is 2. The van der Waals surface area contributed by atoms with Crippen molar-refractivity contribution in [3.05, 3.63) is 59.2 Å². The molecule has 1 unspecified atom stereocenters. The minimum atomic E-state index is -2.57. The Labute approximate surface area is 187 Å². The van der Waals surface area contributed by atoms with Gasteiger partial charge in [-0.2, -0.15) is 0 Å². The minimum absolute atomic E-state index is 0.105. The zero-order valence-corrected chi connectivity index (χ0v) is 17.5. The van der Waals surface area contributed by atoms with Gasteiger partial charge in [-0.3, -0.25) is 29.5 Å². The van der Waals surface area contributed by atoms with Crippen molar-refractivity contribution in [2.75, 3.05) is 22.9 Å². The monoisotopic (exact) mass is 454 g/mol. The van der Waals surface area contributed by atoms with Crippen molar-refractivity contribution in [2.45, 2.75) is 31.9 Å². The van der Waals surface area contributed by atoms with E-state index >= 15 is 0 Å². The molecule has 0 spiro atoms. The maximum atomic E-state index is 13.0. The van der Waals surface area contributed by atoms with Crippen LogP contribution >= 0.6 is 0 Å². The SMILES string of the molecule is O=C1CCC(N2Cc3cc(N4CCN(c5ccc(C(F)F)cc5)C4=O)ccc3C2=O)C(=O)N1. The summed E-state index contributed by atoms with van der Waals surface area (Å²) in [5.74, 6) is -1.10. The van der Waals surface area contributed by atoms with Crippen LogP contribution < -0.4 is 15.1 Å². The van der Waals surface area contributed by atoms with Crippen molar-refractivity contribution >= 4 is 35.1 Å². The van der Waals surface area contributed by atoms with E-state index in [9.17, 15) is 28.0 Å². The highest BCUT2D eigenvalue weighted by molar-refractivity contribution is 6.08. The number of halogens is 2. The van der Waals surface area contributed by atoms with E-state index in [0.717, 1.165) is 0 Å². The molecule has 1 atom stereocenters. The molecule has 0 bridgehead atoms. The normalized spacial score (nSPS) is 20.7. The number of carbonyl (C=O) groups is 4.